The van der Waals surface area contributed by atoms with Gasteiger partial charge in [0.2, 0.25) is 11.8 Å². The Balaban J connectivity index is 0.922. The summed E-state index contributed by atoms with van der Waals surface area (Å²) in [6.45, 7) is 15.7. The van der Waals surface area contributed by atoms with Crippen molar-refractivity contribution >= 4 is 35.5 Å². The van der Waals surface area contributed by atoms with Crippen LogP contribution in [0.1, 0.15) is 192 Å². The molecule has 5 heterocycles. The van der Waals surface area contributed by atoms with Gasteiger partial charge in [-0.1, -0.05) is 70.2 Å². The predicted molar refractivity (Wildman–Crippen MR) is 291 cm³/mol. The fourth-order valence-corrected chi connectivity index (χ4v) is 12.8. The molecule has 10 rings (SSSR count). The number of hydrogen-bond acceptors (Lipinski definition) is 13. The lowest BCUT2D eigenvalue weighted by molar-refractivity contribution is -0.134. The van der Waals surface area contributed by atoms with Crippen LogP contribution in [0.3, 0.4) is 0 Å². The summed E-state index contributed by atoms with van der Waals surface area (Å²) in [5.74, 6) is 0.566. The fourth-order valence-electron chi connectivity index (χ4n) is 12.8. The third-order valence-corrected chi connectivity index (χ3v) is 17.7. The first-order valence-corrected chi connectivity index (χ1v) is 27.4. The molecule has 0 saturated carbocycles. The number of nitrogens with one attached hydrogen (secondary N) is 2. The summed E-state index contributed by atoms with van der Waals surface area (Å²) >= 11 is 0. The summed E-state index contributed by atoms with van der Waals surface area (Å²) in [6, 6.07) is 22.5. The summed E-state index contributed by atoms with van der Waals surface area (Å²) in [5, 5.41) is 29.8. The summed E-state index contributed by atoms with van der Waals surface area (Å²) in [6.07, 6.45) is 2.56. The minimum Gasteiger partial charge on any atom is -0.487 e. The van der Waals surface area contributed by atoms with E-state index in [4.69, 9.17) is 35.7 Å². The highest BCUT2D eigenvalue weighted by atomic mass is 16.5. The molecule has 6 aliphatic rings. The van der Waals surface area contributed by atoms with Crippen molar-refractivity contribution in [2.24, 2.45) is 21.5 Å². The normalized spacial score (nSPS) is 28.5. The second-order valence-electron chi connectivity index (χ2n) is 23.3. The average molecular weight is 1050 g/mol. The molecule has 8 atom stereocenters. The number of rotatable bonds is 13. The van der Waals surface area contributed by atoms with Crippen LogP contribution in [0, 0.1) is 0 Å². The van der Waals surface area contributed by atoms with Crippen LogP contribution in [0.15, 0.2) is 94.9 Å². The Morgan fingerprint density at radius 2 is 1.12 bits per heavy atom. The number of nitrogens with zero attached hydrogens (tertiary/aromatic N) is 4. The van der Waals surface area contributed by atoms with Crippen LogP contribution < -0.4 is 36.3 Å². The van der Waals surface area contributed by atoms with Crippen molar-refractivity contribution in [3.05, 3.63) is 124 Å². The number of aliphatic hydroxyl groups excluding tert-OH is 2. The van der Waals surface area contributed by atoms with Gasteiger partial charge in [-0.3, -0.25) is 29.0 Å². The molecule has 1 aliphatic carbocycles. The smallest absolute Gasteiger partial charge is 0.251 e. The summed E-state index contributed by atoms with van der Waals surface area (Å²) in [5.41, 5.74) is 13.6. The first kappa shape index (κ1) is 53.4. The molecule has 4 aromatic rings. The molecule has 4 aromatic carbocycles. The van der Waals surface area contributed by atoms with E-state index in [9.17, 15) is 29.4 Å². The van der Waals surface area contributed by atoms with Gasteiger partial charge in [-0.15, -0.1) is 0 Å². The molecular formula is C60H74N8O9. The van der Waals surface area contributed by atoms with E-state index in [0.29, 0.717) is 90.0 Å². The molecule has 0 aromatic heterocycles. The molecule has 0 bridgehead atoms. The molecule has 0 radical (unpaired) electrons. The Hall–Kier alpha value is -6.98. The van der Waals surface area contributed by atoms with Crippen molar-refractivity contribution in [1.29, 1.82) is 0 Å². The molecule has 0 spiro atoms. The lowest BCUT2D eigenvalue weighted by Crippen LogP contribution is -2.57. The molecule has 5 aliphatic heterocycles. The Labute approximate surface area is 450 Å². The van der Waals surface area contributed by atoms with Gasteiger partial charge in [-0.05, 0) is 120 Å². The highest BCUT2D eigenvalue weighted by molar-refractivity contribution is 6.01. The van der Waals surface area contributed by atoms with Gasteiger partial charge in [0.15, 0.2) is 11.9 Å². The Morgan fingerprint density at radius 1 is 0.623 bits per heavy atom. The van der Waals surface area contributed by atoms with Crippen LogP contribution in [-0.4, -0.2) is 95.6 Å². The quantitative estimate of drug-likeness (QED) is 0.0751. The largest absolute Gasteiger partial charge is 0.487 e. The molecule has 17 heteroatoms. The fraction of sp³-hybridized carbons (Fsp3) is 0.500. The number of ether oxygens (including phenoxy) is 3. The van der Waals surface area contributed by atoms with Gasteiger partial charge in [0.25, 0.3) is 11.8 Å². The maximum absolute atomic E-state index is 14.6. The van der Waals surface area contributed by atoms with Gasteiger partial charge in [0.05, 0.1) is 54.2 Å². The van der Waals surface area contributed by atoms with Crippen LogP contribution in [0.4, 0.5) is 0 Å². The predicted octanol–water partition coefficient (Wildman–Crippen LogP) is 7.93. The Kier molecular flexibility index (Phi) is 13.7. The molecule has 17 nitrogen and oxygen atoms in total. The molecule has 4 amide bonds. The second kappa shape index (κ2) is 19.8. The van der Waals surface area contributed by atoms with Gasteiger partial charge < -0.3 is 46.5 Å². The standard InChI is InChI=1S/C60H74N8O9/c1-9-59(10-2)32-47(70)67(54(61)65-59)41-30-56(5,6)75-45-23-21-36(27-39(41)45)53(74)64-50-38-19-15-16-20-44(38)77-58(8,51(50)72)26-25-57(7)31-42(68-48(71)33-60(11-3,12-4)66-55(68)62)40-28-35(22-24-46(40)76-57)52(73)63-49-37-18-14-13-17-34(37)29-43(49)69/h13-24,27-28,41-43,49-51,69,72H,9-12,25-26,29-33H2,1-8H3,(H2,61,65)(H2,62,66)(H,63,73)(H,64,74)/t41-,42-,43-,49-,50-,51+,57?,58?/m1/s1. The molecule has 408 valence electrons. The zero-order chi connectivity index (χ0) is 55.0. The third kappa shape index (κ3) is 9.67. The topological polar surface area (TPSA) is 244 Å². The number of para-hydroxylation sites is 1. The van der Waals surface area contributed by atoms with Gasteiger partial charge >= 0.3 is 0 Å². The maximum atomic E-state index is 14.6. The van der Waals surface area contributed by atoms with Crippen molar-refractivity contribution in [3.63, 3.8) is 0 Å². The van der Waals surface area contributed by atoms with E-state index in [2.05, 4.69) is 10.6 Å². The Morgan fingerprint density at radius 3 is 1.68 bits per heavy atom. The lowest BCUT2D eigenvalue weighted by atomic mass is 9.77. The minimum absolute atomic E-state index is 0.0950. The number of aliphatic imine (C=N–C) groups is 2. The van der Waals surface area contributed by atoms with Crippen molar-refractivity contribution < 1.29 is 43.6 Å². The van der Waals surface area contributed by atoms with E-state index in [1.54, 1.807) is 46.2 Å². The number of fused-ring (bicyclic) bond motifs is 4. The lowest BCUT2D eigenvalue weighted by Gasteiger charge is -2.48. The van der Waals surface area contributed by atoms with E-state index in [1.807, 2.05) is 104 Å². The first-order chi connectivity index (χ1) is 36.6. The van der Waals surface area contributed by atoms with Gasteiger partial charge in [-0.25, -0.2) is 9.98 Å². The zero-order valence-corrected chi connectivity index (χ0v) is 45.5. The number of hydrogen-bond donors (Lipinski definition) is 6. The number of benzene rings is 4. The minimum atomic E-state index is -1.28. The van der Waals surface area contributed by atoms with E-state index in [0.717, 1.165) is 11.1 Å². The van der Waals surface area contributed by atoms with Crippen molar-refractivity contribution in [2.75, 3.05) is 0 Å². The molecule has 8 N–H and O–H groups in total. The zero-order valence-electron chi connectivity index (χ0n) is 45.5. The van der Waals surface area contributed by atoms with Crippen LogP contribution in [-0.2, 0) is 16.0 Å². The molecular weight excluding hydrogens is 977 g/mol. The van der Waals surface area contributed by atoms with Crippen LogP contribution in [0.5, 0.6) is 17.2 Å². The molecule has 0 fully saturated rings. The highest BCUT2D eigenvalue weighted by Gasteiger charge is 2.52. The van der Waals surface area contributed by atoms with Crippen molar-refractivity contribution in [2.45, 2.75) is 190 Å². The molecule has 77 heavy (non-hydrogen) atoms. The van der Waals surface area contributed by atoms with Crippen LogP contribution >= 0.6 is 0 Å². The SMILES string of the molecule is CCC1(CC)CC(=O)N([C@@H]2CC(C)(C)Oc3ccc(C(=O)N[C@@H]4c5ccccc5OC(C)(CCC5(C)C[C@@H](N6C(=O)CC(CC)(CC)N=C6N)c6cc(C(=O)N[C@@H]7c8ccccc8C[C@H]7O)ccc6O5)[C@H]4O)cc32)C(N)=N1. The highest BCUT2D eigenvalue weighted by Crippen LogP contribution is 2.50. The van der Waals surface area contributed by atoms with Crippen LogP contribution in [0.25, 0.3) is 0 Å². The number of guanidine groups is 2. The summed E-state index contributed by atoms with van der Waals surface area (Å²) in [7, 11) is 0. The average Bonchev–Trinajstić information content (AvgIpc) is 3.81. The van der Waals surface area contributed by atoms with E-state index < -0.39 is 70.2 Å². The summed E-state index contributed by atoms with van der Waals surface area (Å²) in [4.78, 5) is 70.1. The monoisotopic (exact) mass is 1050 g/mol. The van der Waals surface area contributed by atoms with Gasteiger partial charge in [-0.2, -0.15) is 0 Å². The third-order valence-electron chi connectivity index (χ3n) is 17.7. The number of aliphatic hydroxyl groups is 2. The van der Waals surface area contributed by atoms with Gasteiger partial charge in [0.1, 0.15) is 40.2 Å². The molecule has 0 saturated heterocycles. The first-order valence-electron chi connectivity index (χ1n) is 27.4. The Bertz CT molecular complexity index is 3080. The number of amides is 4. The van der Waals surface area contributed by atoms with Crippen LogP contribution in [0.2, 0.25) is 0 Å². The summed E-state index contributed by atoms with van der Waals surface area (Å²) < 4.78 is 20.1. The van der Waals surface area contributed by atoms with Gasteiger partial charge in [0, 0.05) is 47.1 Å². The van der Waals surface area contributed by atoms with E-state index in [1.165, 1.54) is 0 Å². The number of carbonyl (C=O) groups excluding carboxylic acids is 4. The second-order valence-corrected chi connectivity index (χ2v) is 23.3. The number of nitrogens with two attached hydrogens (primary N) is 2. The molecule has 2 unspecified atom stereocenters. The number of carbonyl (C=O) groups is 4. The van der Waals surface area contributed by atoms with E-state index in [-0.39, 0.29) is 55.3 Å². The van der Waals surface area contributed by atoms with Crippen molar-refractivity contribution in [3.8, 4) is 17.2 Å². The van der Waals surface area contributed by atoms with Crippen molar-refractivity contribution in [1.82, 2.24) is 20.4 Å². The maximum Gasteiger partial charge on any atom is 0.251 e. The van der Waals surface area contributed by atoms with E-state index >= 15 is 0 Å².